The van der Waals surface area contributed by atoms with Crippen molar-refractivity contribution in [2.24, 2.45) is 0 Å². The van der Waals surface area contributed by atoms with E-state index in [9.17, 15) is 0 Å². The number of likely N-dealkylation sites (N-methyl/N-ethyl adjacent to an activating group) is 1. The molecule has 2 fully saturated rings. The van der Waals surface area contributed by atoms with Gasteiger partial charge in [0, 0.05) is 6.04 Å². The van der Waals surface area contributed by atoms with Gasteiger partial charge in [0.05, 0.1) is 19.3 Å². The van der Waals surface area contributed by atoms with Gasteiger partial charge < -0.3 is 14.8 Å². The predicted molar refractivity (Wildman–Crippen MR) is 78.5 cm³/mol. The lowest BCUT2D eigenvalue weighted by molar-refractivity contribution is -0.162. The van der Waals surface area contributed by atoms with Gasteiger partial charge in [0.2, 0.25) is 0 Å². The van der Waals surface area contributed by atoms with Crippen LogP contribution in [0.5, 0.6) is 0 Å². The number of rotatable bonds is 3. The fourth-order valence-electron chi connectivity index (χ4n) is 3.19. The average molecular weight is 269 g/mol. The summed E-state index contributed by atoms with van der Waals surface area (Å²) in [5.74, 6) is 0. The third-order valence-electron chi connectivity index (χ3n) is 4.55. The first kappa shape index (κ1) is 15.3. The molecule has 1 saturated heterocycles. The molecule has 0 aromatic heterocycles. The normalized spacial score (nSPS) is 32.1. The summed E-state index contributed by atoms with van der Waals surface area (Å²) in [4.78, 5) is 0. The van der Waals surface area contributed by atoms with E-state index in [1.165, 1.54) is 64.2 Å². The highest BCUT2D eigenvalue weighted by Crippen LogP contribution is 2.21. The topological polar surface area (TPSA) is 30.5 Å². The van der Waals surface area contributed by atoms with Crippen LogP contribution in [-0.2, 0) is 9.47 Å². The first-order valence-electron chi connectivity index (χ1n) is 8.30. The summed E-state index contributed by atoms with van der Waals surface area (Å²) in [6.45, 7) is 1.60. The molecule has 0 spiro atoms. The maximum Gasteiger partial charge on any atom is 0.105 e. The third-order valence-corrected chi connectivity index (χ3v) is 4.55. The Balaban J connectivity index is 1.83. The molecule has 2 aliphatic rings. The molecule has 3 nitrogen and oxygen atoms in total. The van der Waals surface area contributed by atoms with Gasteiger partial charge in [0.25, 0.3) is 0 Å². The van der Waals surface area contributed by atoms with Gasteiger partial charge in [0.15, 0.2) is 0 Å². The molecule has 2 unspecified atom stereocenters. The molecule has 0 radical (unpaired) electrons. The molecule has 2 rings (SSSR count). The summed E-state index contributed by atoms with van der Waals surface area (Å²) >= 11 is 0. The first-order chi connectivity index (χ1) is 9.40. The summed E-state index contributed by atoms with van der Waals surface area (Å²) in [6.07, 6.45) is 14.3. The van der Waals surface area contributed by atoms with Crippen molar-refractivity contribution in [3.63, 3.8) is 0 Å². The zero-order valence-electron chi connectivity index (χ0n) is 12.5. The Morgan fingerprint density at radius 1 is 0.842 bits per heavy atom. The lowest BCUT2D eigenvalue weighted by Crippen LogP contribution is -2.46. The SMILES string of the molecule is CNC1CCCCCCCCCCC1OC1COC1. The molecule has 3 heteroatoms. The van der Waals surface area contributed by atoms with E-state index in [-0.39, 0.29) is 0 Å². The molecule has 1 saturated carbocycles. The van der Waals surface area contributed by atoms with Crippen molar-refractivity contribution in [2.45, 2.75) is 82.5 Å². The van der Waals surface area contributed by atoms with E-state index in [2.05, 4.69) is 12.4 Å². The molecule has 1 aliphatic heterocycles. The minimum absolute atomic E-state index is 0.355. The van der Waals surface area contributed by atoms with Gasteiger partial charge in [-0.05, 0) is 19.9 Å². The number of hydrogen-bond acceptors (Lipinski definition) is 3. The predicted octanol–water partition coefficient (Wildman–Crippen LogP) is 3.27. The molecular formula is C16H31NO2. The van der Waals surface area contributed by atoms with Gasteiger partial charge in [-0.2, -0.15) is 0 Å². The molecular weight excluding hydrogens is 238 g/mol. The van der Waals surface area contributed by atoms with E-state index >= 15 is 0 Å². The summed E-state index contributed by atoms with van der Waals surface area (Å²) in [6, 6.07) is 0.528. The van der Waals surface area contributed by atoms with Gasteiger partial charge >= 0.3 is 0 Å². The Morgan fingerprint density at radius 2 is 1.42 bits per heavy atom. The van der Waals surface area contributed by atoms with Crippen molar-refractivity contribution >= 4 is 0 Å². The molecule has 0 aromatic carbocycles. The summed E-state index contributed by atoms with van der Waals surface area (Å²) in [7, 11) is 2.09. The van der Waals surface area contributed by atoms with Gasteiger partial charge in [-0.3, -0.25) is 0 Å². The van der Waals surface area contributed by atoms with Crippen LogP contribution in [0.3, 0.4) is 0 Å². The molecule has 112 valence electrons. The summed E-state index contributed by atoms with van der Waals surface area (Å²) in [5.41, 5.74) is 0. The fraction of sp³-hybridized carbons (Fsp3) is 1.00. The van der Waals surface area contributed by atoms with E-state index in [1.807, 2.05) is 0 Å². The fourth-order valence-corrected chi connectivity index (χ4v) is 3.19. The van der Waals surface area contributed by atoms with Crippen molar-refractivity contribution in [1.82, 2.24) is 5.32 Å². The van der Waals surface area contributed by atoms with Crippen molar-refractivity contribution in [1.29, 1.82) is 0 Å². The minimum atomic E-state index is 0.355. The van der Waals surface area contributed by atoms with Crippen LogP contribution in [0, 0.1) is 0 Å². The Hall–Kier alpha value is -0.120. The molecule has 0 amide bonds. The molecule has 19 heavy (non-hydrogen) atoms. The van der Waals surface area contributed by atoms with E-state index in [0.717, 1.165) is 13.2 Å². The zero-order valence-corrected chi connectivity index (χ0v) is 12.5. The second-order valence-electron chi connectivity index (χ2n) is 6.13. The van der Waals surface area contributed by atoms with Crippen LogP contribution in [-0.4, -0.2) is 38.5 Å². The summed E-state index contributed by atoms with van der Waals surface area (Å²) < 4.78 is 11.5. The lowest BCUT2D eigenvalue weighted by atomic mass is 9.95. The van der Waals surface area contributed by atoms with E-state index in [0.29, 0.717) is 18.2 Å². The average Bonchev–Trinajstić information content (AvgIpc) is 2.36. The number of ether oxygens (including phenoxy) is 2. The highest BCUT2D eigenvalue weighted by atomic mass is 16.6. The Bertz CT molecular complexity index is 231. The Kier molecular flexibility index (Phi) is 7.18. The molecule has 0 bridgehead atoms. The standard InChI is InChI=1S/C16H31NO2/c1-17-15-10-8-6-4-2-3-5-7-9-11-16(15)19-14-12-18-13-14/h14-17H,2-13H2,1H3. The van der Waals surface area contributed by atoms with Crippen LogP contribution in [0.2, 0.25) is 0 Å². The quantitative estimate of drug-likeness (QED) is 0.853. The van der Waals surface area contributed by atoms with Crippen molar-refractivity contribution in [3.8, 4) is 0 Å². The maximum absolute atomic E-state index is 6.25. The maximum atomic E-state index is 6.25. The minimum Gasteiger partial charge on any atom is -0.376 e. The molecule has 1 N–H and O–H groups in total. The van der Waals surface area contributed by atoms with Gasteiger partial charge in [-0.15, -0.1) is 0 Å². The van der Waals surface area contributed by atoms with E-state index < -0.39 is 0 Å². The van der Waals surface area contributed by atoms with Gasteiger partial charge in [-0.25, -0.2) is 0 Å². The Morgan fingerprint density at radius 3 is 1.95 bits per heavy atom. The summed E-state index contributed by atoms with van der Waals surface area (Å²) in [5, 5.41) is 3.49. The van der Waals surface area contributed by atoms with Crippen molar-refractivity contribution < 1.29 is 9.47 Å². The van der Waals surface area contributed by atoms with Crippen LogP contribution in [0.15, 0.2) is 0 Å². The molecule has 1 aliphatic carbocycles. The first-order valence-corrected chi connectivity index (χ1v) is 8.30. The van der Waals surface area contributed by atoms with Crippen molar-refractivity contribution in [2.75, 3.05) is 20.3 Å². The van der Waals surface area contributed by atoms with E-state index in [4.69, 9.17) is 9.47 Å². The van der Waals surface area contributed by atoms with Crippen LogP contribution in [0.1, 0.15) is 64.2 Å². The largest absolute Gasteiger partial charge is 0.376 e. The molecule has 2 atom stereocenters. The number of hydrogen-bond donors (Lipinski definition) is 1. The van der Waals surface area contributed by atoms with Crippen LogP contribution in [0.4, 0.5) is 0 Å². The molecule has 0 aromatic rings. The van der Waals surface area contributed by atoms with Crippen LogP contribution < -0.4 is 5.32 Å². The van der Waals surface area contributed by atoms with Crippen LogP contribution in [0.25, 0.3) is 0 Å². The van der Waals surface area contributed by atoms with E-state index in [1.54, 1.807) is 0 Å². The smallest absolute Gasteiger partial charge is 0.105 e. The zero-order chi connectivity index (χ0) is 13.3. The lowest BCUT2D eigenvalue weighted by Gasteiger charge is -2.35. The number of nitrogens with one attached hydrogen (secondary N) is 1. The highest BCUT2D eigenvalue weighted by molar-refractivity contribution is 4.79. The van der Waals surface area contributed by atoms with Gasteiger partial charge in [0.1, 0.15) is 6.10 Å². The highest BCUT2D eigenvalue weighted by Gasteiger charge is 2.27. The third kappa shape index (κ3) is 5.41. The second-order valence-corrected chi connectivity index (χ2v) is 6.13. The Labute approximate surface area is 118 Å². The second kappa shape index (κ2) is 8.93. The van der Waals surface area contributed by atoms with Crippen LogP contribution >= 0.6 is 0 Å². The monoisotopic (exact) mass is 269 g/mol. The van der Waals surface area contributed by atoms with Gasteiger partial charge in [-0.1, -0.05) is 51.4 Å². The molecule has 1 heterocycles. The van der Waals surface area contributed by atoms with Crippen molar-refractivity contribution in [3.05, 3.63) is 0 Å².